The van der Waals surface area contributed by atoms with Gasteiger partial charge in [-0.15, -0.1) is 0 Å². The van der Waals surface area contributed by atoms with Gasteiger partial charge in [-0.1, -0.05) is 23.9 Å². The fraction of sp³-hybridized carbons (Fsp3) is 0. The van der Waals surface area contributed by atoms with Crippen molar-refractivity contribution in [2.24, 2.45) is 0 Å². The molecule has 0 atom stereocenters. The van der Waals surface area contributed by atoms with E-state index in [1.807, 2.05) is 24.3 Å². The van der Waals surface area contributed by atoms with Crippen molar-refractivity contribution in [3.8, 4) is 0 Å². The van der Waals surface area contributed by atoms with Gasteiger partial charge < -0.3 is 5.11 Å². The molecule has 2 aromatic carbocycles. The van der Waals surface area contributed by atoms with Crippen LogP contribution in [0, 0.1) is 10.1 Å². The SMILES string of the molecule is O=C(O)c1ccc(Sc2ccccc2Br)c([N+](=O)[O-])c1. The number of hydrogen-bond donors (Lipinski definition) is 1. The largest absolute Gasteiger partial charge is 0.478 e. The predicted molar refractivity (Wildman–Crippen MR) is 78.3 cm³/mol. The molecule has 0 bridgehead atoms. The minimum atomic E-state index is -1.19. The van der Waals surface area contributed by atoms with Crippen molar-refractivity contribution in [3.63, 3.8) is 0 Å². The quantitative estimate of drug-likeness (QED) is 0.657. The van der Waals surface area contributed by atoms with Gasteiger partial charge in [0.25, 0.3) is 5.69 Å². The molecular formula is C13H8BrNO4S. The maximum atomic E-state index is 11.1. The molecule has 0 heterocycles. The van der Waals surface area contributed by atoms with Crippen LogP contribution in [0.4, 0.5) is 5.69 Å². The summed E-state index contributed by atoms with van der Waals surface area (Å²) in [6.45, 7) is 0. The van der Waals surface area contributed by atoms with E-state index in [9.17, 15) is 14.9 Å². The van der Waals surface area contributed by atoms with Gasteiger partial charge in [0.05, 0.1) is 15.4 Å². The Kier molecular flexibility index (Phi) is 4.41. The summed E-state index contributed by atoms with van der Waals surface area (Å²) in [4.78, 5) is 22.6. The van der Waals surface area contributed by atoms with Gasteiger partial charge in [0.2, 0.25) is 0 Å². The molecule has 0 aliphatic carbocycles. The average molecular weight is 354 g/mol. The monoisotopic (exact) mass is 353 g/mol. The first-order valence-electron chi connectivity index (χ1n) is 5.43. The summed E-state index contributed by atoms with van der Waals surface area (Å²) in [5, 5.41) is 19.9. The van der Waals surface area contributed by atoms with Gasteiger partial charge >= 0.3 is 5.97 Å². The number of nitrogens with zero attached hydrogens (tertiary/aromatic N) is 1. The molecule has 0 aromatic heterocycles. The highest BCUT2D eigenvalue weighted by molar-refractivity contribution is 9.10. The van der Waals surface area contributed by atoms with Gasteiger partial charge in [0, 0.05) is 15.4 Å². The van der Waals surface area contributed by atoms with E-state index in [0.29, 0.717) is 4.90 Å². The van der Waals surface area contributed by atoms with E-state index in [2.05, 4.69) is 15.9 Å². The molecule has 0 aliphatic heterocycles. The highest BCUT2D eigenvalue weighted by atomic mass is 79.9. The molecule has 0 saturated carbocycles. The molecule has 0 unspecified atom stereocenters. The van der Waals surface area contributed by atoms with Gasteiger partial charge in [0.15, 0.2) is 0 Å². The topological polar surface area (TPSA) is 80.4 Å². The van der Waals surface area contributed by atoms with Crippen molar-refractivity contribution in [2.45, 2.75) is 9.79 Å². The third kappa shape index (κ3) is 3.17. The third-order valence-electron chi connectivity index (χ3n) is 2.46. The molecule has 7 heteroatoms. The summed E-state index contributed by atoms with van der Waals surface area (Å²) >= 11 is 4.58. The molecule has 20 heavy (non-hydrogen) atoms. The van der Waals surface area contributed by atoms with Crippen LogP contribution < -0.4 is 0 Å². The van der Waals surface area contributed by atoms with Crippen molar-refractivity contribution in [1.29, 1.82) is 0 Å². The number of nitro groups is 1. The summed E-state index contributed by atoms with van der Waals surface area (Å²) in [7, 11) is 0. The Labute approximate surface area is 126 Å². The zero-order valence-electron chi connectivity index (χ0n) is 9.95. The van der Waals surface area contributed by atoms with Crippen molar-refractivity contribution < 1.29 is 14.8 Å². The van der Waals surface area contributed by atoms with E-state index < -0.39 is 10.9 Å². The Morgan fingerprint density at radius 3 is 2.50 bits per heavy atom. The molecule has 2 rings (SSSR count). The minimum absolute atomic E-state index is 0.104. The smallest absolute Gasteiger partial charge is 0.335 e. The number of aromatic carboxylic acids is 1. The first-order chi connectivity index (χ1) is 9.49. The fourth-order valence-corrected chi connectivity index (χ4v) is 2.98. The molecule has 0 aliphatic rings. The highest BCUT2D eigenvalue weighted by Gasteiger charge is 2.18. The lowest BCUT2D eigenvalue weighted by atomic mass is 10.2. The number of carboxylic acid groups (broad SMARTS) is 1. The maximum absolute atomic E-state index is 11.1. The van der Waals surface area contributed by atoms with E-state index in [1.54, 1.807) is 0 Å². The van der Waals surface area contributed by atoms with Crippen LogP contribution in [0.5, 0.6) is 0 Å². The normalized spacial score (nSPS) is 10.2. The molecule has 0 spiro atoms. The summed E-state index contributed by atoms with van der Waals surface area (Å²) in [6.07, 6.45) is 0. The molecule has 102 valence electrons. The summed E-state index contributed by atoms with van der Waals surface area (Å²) in [5.41, 5.74) is -0.321. The van der Waals surface area contributed by atoms with Gasteiger partial charge in [-0.3, -0.25) is 10.1 Å². The number of benzene rings is 2. The van der Waals surface area contributed by atoms with Crippen molar-refractivity contribution in [1.82, 2.24) is 0 Å². The first-order valence-corrected chi connectivity index (χ1v) is 7.04. The number of nitro benzene ring substituents is 1. The Morgan fingerprint density at radius 1 is 1.20 bits per heavy atom. The fourth-order valence-electron chi connectivity index (χ4n) is 1.53. The Balaban J connectivity index is 2.44. The standard InChI is InChI=1S/C13H8BrNO4S/c14-9-3-1-2-4-11(9)20-12-6-5-8(13(16)17)7-10(12)15(18)19/h1-7H,(H,16,17). The summed E-state index contributed by atoms with van der Waals surface area (Å²) in [5.74, 6) is -1.19. The lowest BCUT2D eigenvalue weighted by Gasteiger charge is -2.05. The van der Waals surface area contributed by atoms with Crippen molar-refractivity contribution in [3.05, 3.63) is 62.6 Å². The highest BCUT2D eigenvalue weighted by Crippen LogP contribution is 2.38. The van der Waals surface area contributed by atoms with Crippen molar-refractivity contribution in [2.75, 3.05) is 0 Å². The molecule has 0 amide bonds. The van der Waals surface area contributed by atoms with E-state index in [1.165, 1.54) is 23.9 Å². The second-order valence-electron chi connectivity index (χ2n) is 3.78. The zero-order valence-corrected chi connectivity index (χ0v) is 12.3. The summed E-state index contributed by atoms with van der Waals surface area (Å²) < 4.78 is 0.821. The molecule has 0 fully saturated rings. The maximum Gasteiger partial charge on any atom is 0.335 e. The third-order valence-corrected chi connectivity index (χ3v) is 4.55. The minimum Gasteiger partial charge on any atom is -0.478 e. The van der Waals surface area contributed by atoms with Gasteiger partial charge in [-0.05, 0) is 40.2 Å². The number of carbonyl (C=O) groups is 1. The molecule has 0 radical (unpaired) electrons. The van der Waals surface area contributed by atoms with Crippen LogP contribution in [0.15, 0.2) is 56.7 Å². The van der Waals surface area contributed by atoms with Crippen LogP contribution >= 0.6 is 27.7 Å². The Morgan fingerprint density at radius 2 is 1.90 bits per heavy atom. The molecule has 2 aromatic rings. The van der Waals surface area contributed by atoms with E-state index in [0.717, 1.165) is 15.4 Å². The van der Waals surface area contributed by atoms with Crippen molar-refractivity contribution >= 4 is 39.3 Å². The molecular weight excluding hydrogens is 346 g/mol. The van der Waals surface area contributed by atoms with Crippen LogP contribution in [0.25, 0.3) is 0 Å². The molecule has 1 N–H and O–H groups in total. The number of carboxylic acids is 1. The zero-order chi connectivity index (χ0) is 14.7. The number of rotatable bonds is 4. The summed E-state index contributed by atoms with van der Waals surface area (Å²) in [6, 6.07) is 11.2. The van der Waals surface area contributed by atoms with Crippen LogP contribution in [-0.2, 0) is 0 Å². The van der Waals surface area contributed by atoms with Crippen LogP contribution in [0.3, 0.4) is 0 Å². The second-order valence-corrected chi connectivity index (χ2v) is 5.72. The Bertz CT molecular complexity index is 690. The van der Waals surface area contributed by atoms with Crippen LogP contribution in [0.1, 0.15) is 10.4 Å². The lowest BCUT2D eigenvalue weighted by molar-refractivity contribution is -0.387. The molecule has 5 nitrogen and oxygen atoms in total. The van der Waals surface area contributed by atoms with Gasteiger partial charge in [-0.25, -0.2) is 4.79 Å². The van der Waals surface area contributed by atoms with Gasteiger partial charge in [-0.2, -0.15) is 0 Å². The average Bonchev–Trinajstić information content (AvgIpc) is 2.41. The van der Waals surface area contributed by atoms with Crippen LogP contribution in [-0.4, -0.2) is 16.0 Å². The van der Waals surface area contributed by atoms with E-state index >= 15 is 0 Å². The Hall–Kier alpha value is -1.86. The predicted octanol–water partition coefficient (Wildman–Crippen LogP) is 4.21. The van der Waals surface area contributed by atoms with E-state index in [-0.39, 0.29) is 11.3 Å². The van der Waals surface area contributed by atoms with Crippen LogP contribution in [0.2, 0.25) is 0 Å². The number of hydrogen-bond acceptors (Lipinski definition) is 4. The number of halogens is 1. The first kappa shape index (κ1) is 14.5. The van der Waals surface area contributed by atoms with Gasteiger partial charge in [0.1, 0.15) is 0 Å². The lowest BCUT2D eigenvalue weighted by Crippen LogP contribution is -1.99. The second kappa shape index (κ2) is 6.06. The molecule has 0 saturated heterocycles. The van der Waals surface area contributed by atoms with E-state index in [4.69, 9.17) is 5.11 Å².